The molecule has 0 amide bonds. The molecule has 0 heterocycles. The van der Waals surface area contributed by atoms with Crippen LogP contribution in [0.5, 0.6) is 0 Å². The molecule has 0 unspecified atom stereocenters. The Hall–Kier alpha value is -2.00. The summed E-state index contributed by atoms with van der Waals surface area (Å²) in [5.41, 5.74) is 0.562. The van der Waals surface area contributed by atoms with Crippen molar-refractivity contribution in [3.05, 3.63) is 76.0 Å². The lowest BCUT2D eigenvalue weighted by Crippen LogP contribution is -2.19. The zero-order valence-corrected chi connectivity index (χ0v) is 21.5. The van der Waals surface area contributed by atoms with E-state index in [1.807, 2.05) is 0 Å². The van der Waals surface area contributed by atoms with Crippen LogP contribution in [0.15, 0.2) is 64.9 Å². The summed E-state index contributed by atoms with van der Waals surface area (Å²) >= 11 is 0. The molecular formula is C26H36O6S2. The first-order valence-electron chi connectivity index (χ1n) is 12.0. The minimum Gasteiger partial charge on any atom is -0.281 e. The van der Waals surface area contributed by atoms with E-state index in [1.165, 1.54) is 32.1 Å². The van der Waals surface area contributed by atoms with E-state index in [0.717, 1.165) is 25.7 Å². The summed E-state index contributed by atoms with van der Waals surface area (Å²) in [7, 11) is -9.86. The number of unbranched alkanes of at least 4 members (excludes halogenated alkanes) is 9. The van der Waals surface area contributed by atoms with Crippen LogP contribution < -0.4 is 0 Å². The van der Waals surface area contributed by atoms with Crippen LogP contribution in [0.4, 0.5) is 0 Å². The molecule has 0 aliphatic carbocycles. The van der Waals surface area contributed by atoms with Crippen molar-refractivity contribution in [3.63, 3.8) is 0 Å². The van der Waals surface area contributed by atoms with Gasteiger partial charge >= 0.3 is 20.2 Å². The van der Waals surface area contributed by atoms with Crippen LogP contribution in [-0.4, -0.2) is 28.0 Å². The number of hydrogen-bond acceptors (Lipinski definition) is 5. The van der Waals surface area contributed by atoms with Crippen molar-refractivity contribution in [3.8, 4) is 0 Å². The van der Waals surface area contributed by atoms with Crippen molar-refractivity contribution in [2.24, 2.45) is 0 Å². The Kier molecular flexibility index (Phi) is 12.0. The lowest BCUT2D eigenvalue weighted by molar-refractivity contribution is 0.310. The van der Waals surface area contributed by atoms with Gasteiger partial charge in [-0.3, -0.25) is 8.74 Å². The normalized spacial score (nSPS) is 11.9. The van der Waals surface area contributed by atoms with Crippen LogP contribution in [0.3, 0.4) is 0 Å². The van der Waals surface area contributed by atoms with Crippen molar-refractivity contribution in [2.45, 2.75) is 71.1 Å². The maximum absolute atomic E-state index is 13.0. The van der Waals surface area contributed by atoms with Crippen LogP contribution in [0.2, 0.25) is 0 Å². The molecule has 0 saturated carbocycles. The SMILES string of the molecule is CCCCCCCCCCCCOS(=O)(=O)C(=C(c1ccccc1)c1ccccc1)S(=O)(=O)O. The molecule has 188 valence electrons. The Morgan fingerprint density at radius 1 is 0.676 bits per heavy atom. The van der Waals surface area contributed by atoms with Crippen LogP contribution in [-0.2, 0) is 24.4 Å². The lowest BCUT2D eigenvalue weighted by Gasteiger charge is -2.15. The average molecular weight is 509 g/mol. The van der Waals surface area contributed by atoms with Gasteiger partial charge < -0.3 is 0 Å². The van der Waals surface area contributed by atoms with E-state index < -0.39 is 24.5 Å². The Morgan fingerprint density at radius 3 is 1.50 bits per heavy atom. The lowest BCUT2D eigenvalue weighted by atomic mass is 10.00. The van der Waals surface area contributed by atoms with Crippen LogP contribution in [0.25, 0.3) is 5.57 Å². The highest BCUT2D eigenvalue weighted by Gasteiger charge is 2.35. The number of rotatable bonds is 16. The molecule has 1 N–H and O–H groups in total. The van der Waals surface area contributed by atoms with E-state index in [4.69, 9.17) is 4.18 Å². The minimum absolute atomic E-state index is 0.119. The van der Waals surface area contributed by atoms with E-state index in [2.05, 4.69) is 6.92 Å². The van der Waals surface area contributed by atoms with Gasteiger partial charge in [0.1, 0.15) is 0 Å². The molecule has 8 heteroatoms. The van der Waals surface area contributed by atoms with Gasteiger partial charge in [0.2, 0.25) is 4.24 Å². The zero-order chi connectivity index (χ0) is 24.9. The largest absolute Gasteiger partial charge is 0.311 e. The predicted octanol–water partition coefficient (Wildman–Crippen LogP) is 6.56. The van der Waals surface area contributed by atoms with Crippen molar-refractivity contribution >= 4 is 25.8 Å². The van der Waals surface area contributed by atoms with Crippen molar-refractivity contribution < 1.29 is 25.6 Å². The number of benzene rings is 2. The molecule has 0 spiro atoms. The van der Waals surface area contributed by atoms with Gasteiger partial charge in [-0.25, -0.2) is 0 Å². The first-order valence-corrected chi connectivity index (χ1v) is 14.8. The fourth-order valence-corrected chi connectivity index (χ4v) is 6.41. The smallest absolute Gasteiger partial charge is 0.281 e. The van der Waals surface area contributed by atoms with Gasteiger partial charge in [-0.1, -0.05) is 125 Å². The van der Waals surface area contributed by atoms with E-state index in [1.54, 1.807) is 60.7 Å². The summed E-state index contributed by atoms with van der Waals surface area (Å²) in [5.74, 6) is 0. The van der Waals surface area contributed by atoms with Crippen LogP contribution in [0, 0.1) is 0 Å². The van der Waals surface area contributed by atoms with Gasteiger partial charge in [0.15, 0.2) is 0 Å². The quantitative estimate of drug-likeness (QED) is 0.157. The summed E-state index contributed by atoms with van der Waals surface area (Å²) < 4.78 is 64.5. The maximum Gasteiger partial charge on any atom is 0.311 e. The predicted molar refractivity (Wildman–Crippen MR) is 137 cm³/mol. The average Bonchev–Trinajstić information content (AvgIpc) is 2.81. The van der Waals surface area contributed by atoms with Gasteiger partial charge in [0.25, 0.3) is 0 Å². The highest BCUT2D eigenvalue weighted by Crippen LogP contribution is 2.33. The Bertz CT molecular complexity index is 1050. The molecular weight excluding hydrogens is 472 g/mol. The fourth-order valence-electron chi connectivity index (χ4n) is 3.81. The third-order valence-electron chi connectivity index (χ3n) is 5.53. The first-order chi connectivity index (χ1) is 16.3. The topological polar surface area (TPSA) is 97.7 Å². The van der Waals surface area contributed by atoms with Gasteiger partial charge in [0.05, 0.1) is 6.61 Å². The Labute approximate surface area is 204 Å². The molecule has 0 aliphatic heterocycles. The summed E-state index contributed by atoms with van der Waals surface area (Å²) in [6.45, 7) is 2.05. The molecule has 0 radical (unpaired) electrons. The summed E-state index contributed by atoms with van der Waals surface area (Å²) in [6, 6.07) is 16.5. The van der Waals surface area contributed by atoms with Crippen LogP contribution >= 0.6 is 0 Å². The first kappa shape index (κ1) is 28.2. The Balaban J connectivity index is 2.11. The summed E-state index contributed by atoms with van der Waals surface area (Å²) in [6.07, 6.45) is 10.8. The molecule has 0 aromatic heterocycles. The maximum atomic E-state index is 13.0. The third kappa shape index (κ3) is 9.33. The second kappa shape index (κ2) is 14.4. The standard InChI is InChI=1S/C26H36O6S2/c1-2-3-4-5-6-7-8-9-10-17-22-32-34(30,31)26(33(27,28)29)25(23-18-13-11-14-19-23)24-20-15-12-16-21-24/h11-16,18-21H,2-10,17,22H2,1H3,(H,27,28,29). The van der Waals surface area contributed by atoms with E-state index in [-0.39, 0.29) is 12.2 Å². The molecule has 6 nitrogen and oxygen atoms in total. The molecule has 0 bridgehead atoms. The molecule has 0 atom stereocenters. The molecule has 2 rings (SSSR count). The van der Waals surface area contributed by atoms with Gasteiger partial charge in [-0.2, -0.15) is 16.8 Å². The second-order valence-corrected chi connectivity index (χ2v) is 11.5. The van der Waals surface area contributed by atoms with Crippen molar-refractivity contribution in [1.82, 2.24) is 0 Å². The molecule has 2 aromatic carbocycles. The highest BCUT2D eigenvalue weighted by atomic mass is 32.3. The molecule has 2 aromatic rings. The summed E-state index contributed by atoms with van der Waals surface area (Å²) in [5, 5.41) is 0. The van der Waals surface area contributed by atoms with E-state index >= 15 is 0 Å². The van der Waals surface area contributed by atoms with Crippen LogP contribution in [0.1, 0.15) is 82.3 Å². The fraction of sp³-hybridized carbons (Fsp3) is 0.462. The van der Waals surface area contributed by atoms with Crippen molar-refractivity contribution in [1.29, 1.82) is 0 Å². The van der Waals surface area contributed by atoms with E-state index in [9.17, 15) is 21.4 Å². The third-order valence-corrected chi connectivity index (χ3v) is 8.58. The second-order valence-electron chi connectivity index (χ2n) is 8.33. The summed E-state index contributed by atoms with van der Waals surface area (Å²) in [4.78, 5) is 0. The molecule has 0 aliphatic rings. The van der Waals surface area contributed by atoms with Gasteiger partial charge in [0, 0.05) is 5.57 Å². The minimum atomic E-state index is -5.12. The monoisotopic (exact) mass is 508 g/mol. The van der Waals surface area contributed by atoms with Gasteiger partial charge in [-0.15, -0.1) is 0 Å². The zero-order valence-electron chi connectivity index (χ0n) is 19.9. The number of hydrogen-bond donors (Lipinski definition) is 1. The molecule has 0 fully saturated rings. The molecule has 34 heavy (non-hydrogen) atoms. The highest BCUT2D eigenvalue weighted by molar-refractivity contribution is 8.10. The Morgan fingerprint density at radius 2 is 1.09 bits per heavy atom. The molecule has 0 saturated heterocycles. The van der Waals surface area contributed by atoms with Crippen molar-refractivity contribution in [2.75, 3.05) is 6.61 Å². The van der Waals surface area contributed by atoms with Gasteiger partial charge in [-0.05, 0) is 17.5 Å². The van der Waals surface area contributed by atoms with E-state index in [0.29, 0.717) is 17.5 Å².